The van der Waals surface area contributed by atoms with Crippen LogP contribution in [0.1, 0.15) is 6.92 Å². The lowest BCUT2D eigenvalue weighted by Gasteiger charge is -2.03. The maximum absolute atomic E-state index is 11.2. The van der Waals surface area contributed by atoms with E-state index in [9.17, 15) is 4.79 Å². The van der Waals surface area contributed by atoms with Crippen LogP contribution in [0.5, 0.6) is 0 Å². The Bertz CT molecular complexity index is 171. The largest absolute Gasteiger partial charge is 0.466 e. The lowest BCUT2D eigenvalue weighted by Crippen LogP contribution is -2.20. The van der Waals surface area contributed by atoms with Crippen molar-refractivity contribution in [1.82, 2.24) is 5.32 Å². The highest BCUT2D eigenvalue weighted by molar-refractivity contribution is 5.76. The highest BCUT2D eigenvalue weighted by Crippen LogP contribution is 2.49. The normalized spacial score (nSPS) is 39.9. The van der Waals surface area contributed by atoms with Gasteiger partial charge in [0.2, 0.25) is 0 Å². The molecule has 0 unspecified atom stereocenters. The molecular weight excluding hydrogens is 142 g/mol. The predicted octanol–water partition coefficient (Wildman–Crippen LogP) is 0.0149. The molecule has 11 heavy (non-hydrogen) atoms. The molecule has 1 saturated heterocycles. The van der Waals surface area contributed by atoms with E-state index in [2.05, 4.69) is 5.32 Å². The van der Waals surface area contributed by atoms with E-state index in [1.165, 1.54) is 0 Å². The highest BCUT2D eigenvalue weighted by atomic mass is 16.5. The molecule has 0 bridgehead atoms. The minimum atomic E-state index is 0.0176. The first kappa shape index (κ1) is 7.10. The molecule has 0 aromatic carbocycles. The van der Waals surface area contributed by atoms with Gasteiger partial charge in [-0.1, -0.05) is 0 Å². The summed E-state index contributed by atoms with van der Waals surface area (Å²) in [6, 6.07) is 0. The maximum Gasteiger partial charge on any atom is 0.309 e. The molecule has 3 atom stereocenters. The number of fused-ring (bicyclic) bond motifs is 1. The van der Waals surface area contributed by atoms with Gasteiger partial charge >= 0.3 is 5.97 Å². The minimum absolute atomic E-state index is 0.0176. The van der Waals surface area contributed by atoms with Gasteiger partial charge in [0.25, 0.3) is 0 Å². The monoisotopic (exact) mass is 155 g/mol. The van der Waals surface area contributed by atoms with E-state index < -0.39 is 0 Å². The van der Waals surface area contributed by atoms with Gasteiger partial charge in [0.05, 0.1) is 12.5 Å². The topological polar surface area (TPSA) is 38.3 Å². The smallest absolute Gasteiger partial charge is 0.309 e. The van der Waals surface area contributed by atoms with Gasteiger partial charge in [0.1, 0.15) is 0 Å². The number of hydrogen-bond acceptors (Lipinski definition) is 3. The molecule has 62 valence electrons. The zero-order valence-electron chi connectivity index (χ0n) is 6.67. The molecule has 1 aliphatic carbocycles. The second-order valence-corrected chi connectivity index (χ2v) is 3.26. The predicted molar refractivity (Wildman–Crippen MR) is 40.0 cm³/mol. The number of rotatable bonds is 2. The van der Waals surface area contributed by atoms with Gasteiger partial charge in [0, 0.05) is 0 Å². The summed E-state index contributed by atoms with van der Waals surface area (Å²) in [5.74, 6) is 1.43. The van der Waals surface area contributed by atoms with E-state index >= 15 is 0 Å². The van der Waals surface area contributed by atoms with Crippen LogP contribution in [0.4, 0.5) is 0 Å². The fourth-order valence-electron chi connectivity index (χ4n) is 2.01. The third-order valence-corrected chi connectivity index (χ3v) is 2.65. The third kappa shape index (κ3) is 1.03. The average Bonchev–Trinajstić information content (AvgIpc) is 2.47. The number of carbonyl (C=O) groups is 1. The Kier molecular flexibility index (Phi) is 1.60. The molecule has 3 heteroatoms. The van der Waals surface area contributed by atoms with Crippen LogP contribution in [0.25, 0.3) is 0 Å². The van der Waals surface area contributed by atoms with Crippen molar-refractivity contribution in [3.8, 4) is 0 Å². The molecule has 3 nitrogen and oxygen atoms in total. The van der Waals surface area contributed by atoms with Crippen LogP contribution in [0, 0.1) is 17.8 Å². The van der Waals surface area contributed by atoms with Crippen LogP contribution in [0.2, 0.25) is 0 Å². The van der Waals surface area contributed by atoms with Crippen LogP contribution in [-0.2, 0) is 9.53 Å². The van der Waals surface area contributed by atoms with Crippen LogP contribution >= 0.6 is 0 Å². The third-order valence-electron chi connectivity index (χ3n) is 2.65. The Morgan fingerprint density at radius 2 is 2.18 bits per heavy atom. The maximum atomic E-state index is 11.2. The zero-order chi connectivity index (χ0) is 7.84. The summed E-state index contributed by atoms with van der Waals surface area (Å²) in [5.41, 5.74) is 0. The number of carbonyl (C=O) groups excluding carboxylic acids is 1. The SMILES string of the molecule is CCOC(=O)[C@@H]1[C@@H]2CNC[C@@H]21. The molecule has 2 rings (SSSR count). The Morgan fingerprint density at radius 1 is 1.55 bits per heavy atom. The van der Waals surface area contributed by atoms with Gasteiger partial charge in [-0.25, -0.2) is 0 Å². The van der Waals surface area contributed by atoms with Gasteiger partial charge in [-0.3, -0.25) is 4.79 Å². The van der Waals surface area contributed by atoms with E-state index in [0.29, 0.717) is 18.4 Å². The van der Waals surface area contributed by atoms with Crippen LogP contribution in [0.15, 0.2) is 0 Å². The van der Waals surface area contributed by atoms with Crippen molar-refractivity contribution in [3.05, 3.63) is 0 Å². The fourth-order valence-corrected chi connectivity index (χ4v) is 2.01. The summed E-state index contributed by atoms with van der Waals surface area (Å²) in [5, 5.41) is 3.24. The summed E-state index contributed by atoms with van der Waals surface area (Å²) < 4.78 is 4.94. The Morgan fingerprint density at radius 3 is 2.73 bits per heavy atom. The first-order chi connectivity index (χ1) is 5.34. The Labute approximate surface area is 66.1 Å². The Balaban J connectivity index is 1.85. The number of hydrogen-bond donors (Lipinski definition) is 1. The van der Waals surface area contributed by atoms with Crippen molar-refractivity contribution in [3.63, 3.8) is 0 Å². The molecule has 0 spiro atoms. The number of nitrogens with one attached hydrogen (secondary N) is 1. The molecule has 1 saturated carbocycles. The lowest BCUT2D eigenvalue weighted by molar-refractivity contribution is -0.145. The van der Waals surface area contributed by atoms with Gasteiger partial charge in [0.15, 0.2) is 0 Å². The zero-order valence-corrected chi connectivity index (χ0v) is 6.67. The molecular formula is C8H13NO2. The summed E-state index contributed by atoms with van der Waals surface area (Å²) in [6.07, 6.45) is 0. The van der Waals surface area contributed by atoms with E-state index in [4.69, 9.17) is 4.74 Å². The summed E-state index contributed by atoms with van der Waals surface area (Å²) >= 11 is 0. The van der Waals surface area contributed by atoms with Crippen molar-refractivity contribution in [2.24, 2.45) is 17.8 Å². The minimum Gasteiger partial charge on any atom is -0.466 e. The fraction of sp³-hybridized carbons (Fsp3) is 0.875. The first-order valence-corrected chi connectivity index (χ1v) is 4.22. The number of esters is 1. The van der Waals surface area contributed by atoms with Gasteiger partial charge in [-0.2, -0.15) is 0 Å². The van der Waals surface area contributed by atoms with Crippen molar-refractivity contribution in [2.45, 2.75) is 6.92 Å². The molecule has 0 aromatic heterocycles. The lowest BCUT2D eigenvalue weighted by atomic mass is 10.3. The van der Waals surface area contributed by atoms with E-state index in [-0.39, 0.29) is 11.9 Å². The molecule has 1 aliphatic heterocycles. The van der Waals surface area contributed by atoms with Crippen molar-refractivity contribution in [2.75, 3.05) is 19.7 Å². The van der Waals surface area contributed by atoms with Gasteiger partial charge in [-0.15, -0.1) is 0 Å². The van der Waals surface area contributed by atoms with Crippen LogP contribution < -0.4 is 5.32 Å². The second-order valence-electron chi connectivity index (χ2n) is 3.26. The van der Waals surface area contributed by atoms with E-state index in [1.807, 2.05) is 6.92 Å². The van der Waals surface area contributed by atoms with Gasteiger partial charge in [-0.05, 0) is 31.8 Å². The quantitative estimate of drug-likeness (QED) is 0.571. The second kappa shape index (κ2) is 2.48. The summed E-state index contributed by atoms with van der Waals surface area (Å²) in [4.78, 5) is 11.2. The molecule has 1 N–H and O–H groups in total. The number of ether oxygens (including phenoxy) is 1. The van der Waals surface area contributed by atoms with Crippen molar-refractivity contribution >= 4 is 5.97 Å². The summed E-state index contributed by atoms with van der Waals surface area (Å²) in [6.45, 7) is 4.39. The molecule has 2 fully saturated rings. The summed E-state index contributed by atoms with van der Waals surface area (Å²) in [7, 11) is 0. The van der Waals surface area contributed by atoms with Crippen molar-refractivity contribution in [1.29, 1.82) is 0 Å². The van der Waals surface area contributed by atoms with E-state index in [1.54, 1.807) is 0 Å². The number of piperidine rings is 1. The van der Waals surface area contributed by atoms with E-state index in [0.717, 1.165) is 13.1 Å². The van der Waals surface area contributed by atoms with Crippen LogP contribution in [0.3, 0.4) is 0 Å². The first-order valence-electron chi connectivity index (χ1n) is 4.22. The Hall–Kier alpha value is -0.570. The molecule has 2 aliphatic rings. The molecule has 1 heterocycles. The highest BCUT2D eigenvalue weighted by Gasteiger charge is 2.57. The average molecular weight is 155 g/mol. The molecule has 0 radical (unpaired) electrons. The molecule has 0 aromatic rings. The standard InChI is InChI=1S/C8H13NO2/c1-2-11-8(10)7-5-3-9-4-6(5)7/h5-7,9H,2-4H2,1H3/t5-,6+,7-. The van der Waals surface area contributed by atoms with Crippen molar-refractivity contribution < 1.29 is 9.53 Å². The molecule has 0 amide bonds. The van der Waals surface area contributed by atoms with Gasteiger partial charge < -0.3 is 10.1 Å². The van der Waals surface area contributed by atoms with Crippen LogP contribution in [-0.4, -0.2) is 25.7 Å².